The SMILES string of the molecule is CC(C)(C)NC(=O)c1ccc(NC(=O)/C=C/c2ccccc2Br)cc1. The van der Waals surface area contributed by atoms with Crippen LogP contribution in [-0.2, 0) is 4.79 Å². The zero-order chi connectivity index (χ0) is 18.4. The van der Waals surface area contributed by atoms with Crippen LogP contribution in [-0.4, -0.2) is 17.4 Å². The molecule has 2 aromatic rings. The number of hydrogen-bond donors (Lipinski definition) is 2. The highest BCUT2D eigenvalue weighted by atomic mass is 79.9. The summed E-state index contributed by atoms with van der Waals surface area (Å²) >= 11 is 3.43. The van der Waals surface area contributed by atoms with Crippen molar-refractivity contribution >= 4 is 39.5 Å². The van der Waals surface area contributed by atoms with Crippen molar-refractivity contribution in [2.45, 2.75) is 26.3 Å². The monoisotopic (exact) mass is 400 g/mol. The molecule has 0 spiro atoms. The van der Waals surface area contributed by atoms with Crippen LogP contribution in [0, 0.1) is 0 Å². The van der Waals surface area contributed by atoms with E-state index in [-0.39, 0.29) is 17.4 Å². The van der Waals surface area contributed by atoms with Crippen LogP contribution in [0.15, 0.2) is 59.1 Å². The number of halogens is 1. The zero-order valence-corrected chi connectivity index (χ0v) is 16.1. The van der Waals surface area contributed by atoms with Gasteiger partial charge in [-0.05, 0) is 62.7 Å². The fourth-order valence-corrected chi connectivity index (χ4v) is 2.49. The summed E-state index contributed by atoms with van der Waals surface area (Å²) in [6, 6.07) is 14.4. The number of rotatable bonds is 4. The van der Waals surface area contributed by atoms with E-state index in [0.29, 0.717) is 11.3 Å². The molecule has 2 amide bonds. The summed E-state index contributed by atoms with van der Waals surface area (Å²) in [6.07, 6.45) is 3.21. The van der Waals surface area contributed by atoms with Crippen LogP contribution < -0.4 is 10.6 Å². The Bertz CT molecular complexity index is 790. The van der Waals surface area contributed by atoms with Crippen molar-refractivity contribution in [3.05, 3.63) is 70.2 Å². The van der Waals surface area contributed by atoms with Crippen molar-refractivity contribution in [3.8, 4) is 0 Å². The maximum absolute atomic E-state index is 12.1. The van der Waals surface area contributed by atoms with E-state index in [2.05, 4.69) is 26.6 Å². The van der Waals surface area contributed by atoms with Crippen LogP contribution in [0.3, 0.4) is 0 Å². The molecule has 130 valence electrons. The van der Waals surface area contributed by atoms with Crippen LogP contribution in [0.1, 0.15) is 36.7 Å². The topological polar surface area (TPSA) is 58.2 Å². The van der Waals surface area contributed by atoms with Crippen LogP contribution >= 0.6 is 15.9 Å². The summed E-state index contributed by atoms with van der Waals surface area (Å²) in [6.45, 7) is 5.78. The van der Waals surface area contributed by atoms with Crippen molar-refractivity contribution in [1.82, 2.24) is 5.32 Å². The lowest BCUT2D eigenvalue weighted by molar-refractivity contribution is -0.111. The van der Waals surface area contributed by atoms with Crippen molar-refractivity contribution in [2.75, 3.05) is 5.32 Å². The Hall–Kier alpha value is -2.40. The standard InChI is InChI=1S/C20H21BrN2O2/c1-20(2,3)23-19(25)15-8-11-16(12-9-15)22-18(24)13-10-14-6-4-5-7-17(14)21/h4-13H,1-3H3,(H,22,24)(H,23,25)/b13-10+. The quantitative estimate of drug-likeness (QED) is 0.734. The maximum atomic E-state index is 12.1. The van der Waals surface area contributed by atoms with Crippen LogP contribution in [0.5, 0.6) is 0 Å². The molecule has 2 rings (SSSR count). The first-order valence-corrected chi connectivity index (χ1v) is 8.70. The van der Waals surface area contributed by atoms with E-state index < -0.39 is 0 Å². The van der Waals surface area contributed by atoms with Gasteiger partial charge in [-0.2, -0.15) is 0 Å². The molecule has 0 aromatic heterocycles. The molecule has 0 unspecified atom stereocenters. The fraction of sp³-hybridized carbons (Fsp3) is 0.200. The summed E-state index contributed by atoms with van der Waals surface area (Å²) in [5, 5.41) is 5.67. The molecular weight excluding hydrogens is 380 g/mol. The minimum Gasteiger partial charge on any atom is -0.347 e. The normalized spacial score (nSPS) is 11.4. The predicted molar refractivity (Wildman–Crippen MR) is 105 cm³/mol. The van der Waals surface area contributed by atoms with Crippen LogP contribution in [0.4, 0.5) is 5.69 Å². The van der Waals surface area contributed by atoms with E-state index in [1.807, 2.05) is 45.0 Å². The maximum Gasteiger partial charge on any atom is 0.251 e. The summed E-state index contributed by atoms with van der Waals surface area (Å²) in [5.74, 6) is -0.373. The van der Waals surface area contributed by atoms with Crippen molar-refractivity contribution in [1.29, 1.82) is 0 Å². The smallest absolute Gasteiger partial charge is 0.251 e. The van der Waals surface area contributed by atoms with E-state index in [1.165, 1.54) is 6.08 Å². The van der Waals surface area contributed by atoms with Gasteiger partial charge in [0.15, 0.2) is 0 Å². The van der Waals surface area contributed by atoms with E-state index in [9.17, 15) is 9.59 Å². The average Bonchev–Trinajstić information content (AvgIpc) is 2.53. The second kappa shape index (κ2) is 8.12. The van der Waals surface area contributed by atoms with E-state index in [0.717, 1.165) is 10.0 Å². The highest BCUT2D eigenvalue weighted by Gasteiger charge is 2.15. The second-order valence-electron chi connectivity index (χ2n) is 6.63. The van der Waals surface area contributed by atoms with Gasteiger partial charge >= 0.3 is 0 Å². The van der Waals surface area contributed by atoms with Gasteiger partial charge in [-0.25, -0.2) is 0 Å². The number of anilines is 1. The van der Waals surface area contributed by atoms with E-state index in [4.69, 9.17) is 0 Å². The number of carbonyl (C=O) groups excluding carboxylic acids is 2. The Morgan fingerprint density at radius 2 is 1.64 bits per heavy atom. The van der Waals surface area contributed by atoms with E-state index in [1.54, 1.807) is 30.3 Å². The Morgan fingerprint density at radius 3 is 2.24 bits per heavy atom. The Morgan fingerprint density at radius 1 is 1.00 bits per heavy atom. The van der Waals surface area contributed by atoms with Gasteiger partial charge in [0.1, 0.15) is 0 Å². The van der Waals surface area contributed by atoms with Gasteiger partial charge in [-0.3, -0.25) is 9.59 Å². The molecule has 4 nitrogen and oxygen atoms in total. The number of benzene rings is 2. The molecule has 0 saturated carbocycles. The molecule has 0 fully saturated rings. The highest BCUT2D eigenvalue weighted by Crippen LogP contribution is 2.17. The summed E-state index contributed by atoms with van der Waals surface area (Å²) in [4.78, 5) is 24.1. The van der Waals surface area contributed by atoms with Crippen molar-refractivity contribution in [3.63, 3.8) is 0 Å². The molecule has 0 aliphatic heterocycles. The third kappa shape index (κ3) is 6.19. The first-order chi connectivity index (χ1) is 11.7. The lowest BCUT2D eigenvalue weighted by Gasteiger charge is -2.20. The lowest BCUT2D eigenvalue weighted by Crippen LogP contribution is -2.40. The predicted octanol–water partition coefficient (Wildman–Crippen LogP) is 4.63. The largest absolute Gasteiger partial charge is 0.347 e. The zero-order valence-electron chi connectivity index (χ0n) is 14.5. The minimum absolute atomic E-state index is 0.140. The van der Waals surface area contributed by atoms with Gasteiger partial charge in [0.25, 0.3) is 5.91 Å². The average molecular weight is 401 g/mol. The minimum atomic E-state index is -0.291. The van der Waals surface area contributed by atoms with Crippen LogP contribution in [0.25, 0.3) is 6.08 Å². The van der Waals surface area contributed by atoms with Gasteiger partial charge in [-0.15, -0.1) is 0 Å². The first-order valence-electron chi connectivity index (χ1n) is 7.91. The Labute approximate surface area is 156 Å². The number of carbonyl (C=O) groups is 2. The first kappa shape index (κ1) is 18.9. The molecule has 0 aliphatic carbocycles. The molecule has 0 atom stereocenters. The molecule has 0 aliphatic rings. The third-order valence-corrected chi connectivity index (χ3v) is 3.94. The molecule has 2 aromatic carbocycles. The van der Waals surface area contributed by atoms with Crippen molar-refractivity contribution < 1.29 is 9.59 Å². The lowest BCUT2D eigenvalue weighted by atomic mass is 10.1. The van der Waals surface area contributed by atoms with Gasteiger partial charge in [-0.1, -0.05) is 34.1 Å². The molecule has 0 saturated heterocycles. The molecule has 0 radical (unpaired) electrons. The van der Waals surface area contributed by atoms with Crippen LogP contribution in [0.2, 0.25) is 0 Å². The summed E-state index contributed by atoms with van der Waals surface area (Å²) in [7, 11) is 0. The summed E-state index contributed by atoms with van der Waals surface area (Å²) < 4.78 is 0.924. The summed E-state index contributed by atoms with van der Waals surface area (Å²) in [5.41, 5.74) is 1.82. The van der Waals surface area contributed by atoms with Gasteiger partial charge < -0.3 is 10.6 Å². The fourth-order valence-electron chi connectivity index (χ4n) is 2.08. The highest BCUT2D eigenvalue weighted by molar-refractivity contribution is 9.10. The van der Waals surface area contributed by atoms with Crippen molar-refractivity contribution in [2.24, 2.45) is 0 Å². The number of nitrogens with one attached hydrogen (secondary N) is 2. The van der Waals surface area contributed by atoms with Gasteiger partial charge in [0.2, 0.25) is 5.91 Å². The van der Waals surface area contributed by atoms with Gasteiger partial charge in [0, 0.05) is 27.3 Å². The Kier molecular flexibility index (Phi) is 6.15. The molecule has 0 bridgehead atoms. The third-order valence-electron chi connectivity index (χ3n) is 3.22. The van der Waals surface area contributed by atoms with Gasteiger partial charge in [0.05, 0.1) is 0 Å². The van der Waals surface area contributed by atoms with E-state index >= 15 is 0 Å². The molecular formula is C20H21BrN2O2. The number of hydrogen-bond acceptors (Lipinski definition) is 2. The molecule has 0 heterocycles. The molecule has 5 heteroatoms. The second-order valence-corrected chi connectivity index (χ2v) is 7.48. The number of amides is 2. The Balaban J connectivity index is 1.98. The molecule has 25 heavy (non-hydrogen) atoms. The molecule has 2 N–H and O–H groups in total.